The minimum absolute atomic E-state index is 0.00378. The first-order valence-electron chi connectivity index (χ1n) is 23.5. The summed E-state index contributed by atoms with van der Waals surface area (Å²) < 4.78 is 48.9. The SMILES string of the molecule is Cc1sc2c(c1C)C(c1ccc(N3CC4(CCC(O)(CN5CCN(c6cc(F)c([C@@H]7c8ccc(O)cc8CC[C@@H]7c7ccc(F)cc7)c(F)c6)CC5)CC4)C3)cc1)=N[C@@H](C)c1nnc(C)n1-2. The molecular formula is C53H56F3N7O2S. The number of phenols is 1. The summed E-state index contributed by atoms with van der Waals surface area (Å²) in [7, 11) is 0. The summed E-state index contributed by atoms with van der Waals surface area (Å²) in [4.78, 5) is 13.3. The summed E-state index contributed by atoms with van der Waals surface area (Å²) in [5.74, 6) is -0.600. The van der Waals surface area contributed by atoms with Crippen molar-refractivity contribution in [2.75, 3.05) is 55.6 Å². The number of aromatic nitrogens is 3. The number of phenolic OH excluding ortho intramolecular Hbond substituents is 1. The number of hydrogen-bond acceptors (Lipinski definition) is 9. The van der Waals surface area contributed by atoms with Gasteiger partial charge in [0.2, 0.25) is 0 Å². The third-order valence-corrected chi connectivity index (χ3v) is 16.9. The number of aromatic hydroxyl groups is 1. The molecule has 11 rings (SSSR count). The van der Waals surface area contributed by atoms with E-state index in [-0.39, 0.29) is 34.5 Å². The van der Waals surface area contributed by atoms with E-state index in [0.29, 0.717) is 51.3 Å². The third kappa shape index (κ3) is 7.51. The van der Waals surface area contributed by atoms with E-state index in [1.165, 1.54) is 46.0 Å². The Kier molecular flexibility index (Phi) is 10.7. The van der Waals surface area contributed by atoms with Crippen molar-refractivity contribution in [3.8, 4) is 10.8 Å². The fourth-order valence-corrected chi connectivity index (χ4v) is 13.1. The molecule has 9 nitrogen and oxygen atoms in total. The molecule has 2 aromatic heterocycles. The lowest BCUT2D eigenvalue weighted by Crippen LogP contribution is -2.61. The number of aryl methyl sites for hydroxylation is 3. The van der Waals surface area contributed by atoms with Crippen molar-refractivity contribution in [1.29, 1.82) is 0 Å². The Morgan fingerprint density at radius 1 is 0.788 bits per heavy atom. The van der Waals surface area contributed by atoms with Gasteiger partial charge in [0.15, 0.2) is 5.82 Å². The molecule has 4 aromatic carbocycles. The van der Waals surface area contributed by atoms with E-state index in [0.717, 1.165) is 83.4 Å². The first-order chi connectivity index (χ1) is 31.7. The smallest absolute Gasteiger partial charge is 0.162 e. The standard InChI is InChI=1S/C53H56F3N7O2S/c1-31-33(3)66-51-46(31)49(57-32(2)50-59-58-34(4)63(50)51)36-7-12-39(13-8-36)62-28-52(29-62)17-19-53(65,20-18-52)30-60-21-23-61(24-22-60)40-26-44(55)48(45(56)27-40)47-42(35-5-10-38(54)11-6-35)15-9-37-25-41(64)14-16-43(37)47/h5-8,10-14,16,25-27,32,42,47,64-65H,9,15,17-24,28-30H2,1-4H3/t32-,42+,47-/m0/s1. The molecule has 3 fully saturated rings. The Hall–Kier alpha value is -5.50. The van der Waals surface area contributed by atoms with Crippen LogP contribution in [0.25, 0.3) is 5.00 Å². The lowest BCUT2D eigenvalue weighted by atomic mass is 9.64. The quantitative estimate of drug-likeness (QED) is 0.165. The van der Waals surface area contributed by atoms with Gasteiger partial charge in [-0.15, -0.1) is 21.5 Å². The molecule has 0 radical (unpaired) electrons. The van der Waals surface area contributed by atoms with E-state index in [1.807, 2.05) is 11.8 Å². The minimum Gasteiger partial charge on any atom is -0.508 e. The van der Waals surface area contributed by atoms with Crippen molar-refractivity contribution in [2.45, 2.75) is 89.7 Å². The average Bonchev–Trinajstić information content (AvgIpc) is 3.78. The Balaban J connectivity index is 0.708. The van der Waals surface area contributed by atoms with Gasteiger partial charge in [0, 0.05) is 90.1 Å². The van der Waals surface area contributed by atoms with E-state index in [4.69, 9.17) is 4.99 Å². The molecule has 1 saturated carbocycles. The first-order valence-corrected chi connectivity index (χ1v) is 24.3. The summed E-state index contributed by atoms with van der Waals surface area (Å²) in [6.07, 6.45) is 4.72. The van der Waals surface area contributed by atoms with Gasteiger partial charge in [-0.25, -0.2) is 13.2 Å². The van der Waals surface area contributed by atoms with Crippen molar-refractivity contribution in [3.63, 3.8) is 0 Å². The number of anilines is 2. The van der Waals surface area contributed by atoms with Gasteiger partial charge in [0.1, 0.15) is 40.1 Å². The second-order valence-corrected chi connectivity index (χ2v) is 21.0. The van der Waals surface area contributed by atoms with E-state index in [2.05, 4.69) is 69.6 Å². The molecular weight excluding hydrogens is 856 g/mol. The van der Waals surface area contributed by atoms with Gasteiger partial charge < -0.3 is 20.0 Å². The predicted octanol–water partition coefficient (Wildman–Crippen LogP) is 10.1. The van der Waals surface area contributed by atoms with Crippen LogP contribution in [-0.2, 0) is 6.42 Å². The van der Waals surface area contributed by atoms with Crippen molar-refractivity contribution in [2.24, 2.45) is 10.4 Å². The lowest BCUT2D eigenvalue weighted by molar-refractivity contribution is -0.0626. The molecule has 13 heteroatoms. The number of halogens is 3. The van der Waals surface area contributed by atoms with Crippen LogP contribution in [0.2, 0.25) is 0 Å². The van der Waals surface area contributed by atoms with Gasteiger partial charge in [-0.2, -0.15) is 0 Å². The first kappa shape index (κ1) is 43.1. The molecule has 2 N–H and O–H groups in total. The molecule has 1 spiro atoms. The zero-order valence-corrected chi connectivity index (χ0v) is 38.8. The van der Waals surface area contributed by atoms with Crippen LogP contribution in [0.15, 0.2) is 83.9 Å². The second-order valence-electron chi connectivity index (χ2n) is 19.8. The summed E-state index contributed by atoms with van der Waals surface area (Å²) in [6.45, 7) is 13.6. The molecule has 5 aliphatic rings. The van der Waals surface area contributed by atoms with Gasteiger partial charge in [-0.1, -0.05) is 30.3 Å². The van der Waals surface area contributed by atoms with Crippen LogP contribution in [0.3, 0.4) is 0 Å². The molecule has 3 atom stereocenters. The molecule has 0 amide bonds. The molecule has 2 saturated heterocycles. The summed E-state index contributed by atoms with van der Waals surface area (Å²) in [6, 6.07) is 22.9. The summed E-state index contributed by atoms with van der Waals surface area (Å²) in [5, 5.41) is 32.1. The maximum atomic E-state index is 16.4. The molecule has 5 heterocycles. The molecule has 66 heavy (non-hydrogen) atoms. The topological polar surface area (TPSA) is 93.2 Å². The highest BCUT2D eigenvalue weighted by Gasteiger charge is 2.49. The highest BCUT2D eigenvalue weighted by molar-refractivity contribution is 7.15. The van der Waals surface area contributed by atoms with Crippen LogP contribution in [-0.4, -0.2) is 87.0 Å². The Bertz CT molecular complexity index is 2830. The molecule has 6 aromatic rings. The molecule has 2 aliphatic carbocycles. The highest BCUT2D eigenvalue weighted by atomic mass is 32.1. The van der Waals surface area contributed by atoms with Gasteiger partial charge in [-0.3, -0.25) is 14.5 Å². The molecule has 3 aliphatic heterocycles. The minimum atomic E-state index is -0.762. The van der Waals surface area contributed by atoms with E-state index in [1.54, 1.807) is 41.7 Å². The normalized spacial score (nSPS) is 22.3. The van der Waals surface area contributed by atoms with Crippen LogP contribution >= 0.6 is 11.3 Å². The van der Waals surface area contributed by atoms with Crippen LogP contribution < -0.4 is 9.80 Å². The van der Waals surface area contributed by atoms with Gasteiger partial charge in [0.25, 0.3) is 0 Å². The van der Waals surface area contributed by atoms with Crippen molar-refractivity contribution >= 4 is 28.4 Å². The van der Waals surface area contributed by atoms with Crippen molar-refractivity contribution < 1.29 is 23.4 Å². The zero-order valence-electron chi connectivity index (χ0n) is 38.0. The Morgan fingerprint density at radius 3 is 2.18 bits per heavy atom. The summed E-state index contributed by atoms with van der Waals surface area (Å²) >= 11 is 1.77. The number of benzene rings is 4. The van der Waals surface area contributed by atoms with E-state index < -0.39 is 23.2 Å². The van der Waals surface area contributed by atoms with Gasteiger partial charge in [-0.05, 0) is 143 Å². The number of fused-ring (bicyclic) bond motifs is 4. The monoisotopic (exact) mass is 911 g/mol. The number of piperazine rings is 1. The Labute approximate surface area is 388 Å². The largest absolute Gasteiger partial charge is 0.508 e. The molecule has 0 unspecified atom stereocenters. The lowest BCUT2D eigenvalue weighted by Gasteiger charge is -2.56. The maximum absolute atomic E-state index is 16.4. The number of nitrogens with zero attached hydrogens (tertiary/aromatic N) is 7. The van der Waals surface area contributed by atoms with Crippen LogP contribution in [0.4, 0.5) is 24.5 Å². The highest BCUT2D eigenvalue weighted by Crippen LogP contribution is 2.51. The fourth-order valence-electron chi connectivity index (χ4n) is 11.8. The van der Waals surface area contributed by atoms with Gasteiger partial charge >= 0.3 is 0 Å². The summed E-state index contributed by atoms with van der Waals surface area (Å²) in [5.41, 5.74) is 8.15. The van der Waals surface area contributed by atoms with Crippen LogP contribution in [0.5, 0.6) is 5.75 Å². The molecule has 342 valence electrons. The van der Waals surface area contributed by atoms with E-state index >= 15 is 8.78 Å². The van der Waals surface area contributed by atoms with Crippen molar-refractivity contribution in [1.82, 2.24) is 19.7 Å². The fraction of sp³-hybridized carbons (Fsp3) is 0.415. The third-order valence-electron chi connectivity index (χ3n) is 15.7. The average molecular weight is 912 g/mol. The van der Waals surface area contributed by atoms with E-state index in [9.17, 15) is 14.6 Å². The second kappa shape index (κ2) is 16.4. The number of rotatable bonds is 7. The zero-order chi connectivity index (χ0) is 45.6. The predicted molar refractivity (Wildman–Crippen MR) is 254 cm³/mol. The van der Waals surface area contributed by atoms with Crippen LogP contribution in [0, 0.1) is 43.6 Å². The number of aliphatic imine (C=N–C) groups is 1. The maximum Gasteiger partial charge on any atom is 0.162 e. The Morgan fingerprint density at radius 2 is 1.48 bits per heavy atom. The van der Waals surface area contributed by atoms with Gasteiger partial charge in [0.05, 0.1) is 11.3 Å². The van der Waals surface area contributed by atoms with Crippen LogP contribution in [0.1, 0.15) is 112 Å². The van der Waals surface area contributed by atoms with Crippen molar-refractivity contribution in [3.05, 3.63) is 152 Å². The molecule has 0 bridgehead atoms. The number of thiophene rings is 1. The number of β-amino-alcohol motifs (C(OH)–C–C–N with tert-alkyl or cyclic N) is 1. The number of hydrogen-bond donors (Lipinski definition) is 2. The number of aliphatic hydroxyl groups is 1.